The predicted octanol–water partition coefficient (Wildman–Crippen LogP) is 2.26. The van der Waals surface area contributed by atoms with Crippen LogP contribution in [0.5, 0.6) is 0 Å². The first-order chi connectivity index (χ1) is 7.70. The Labute approximate surface area is 97.6 Å². The summed E-state index contributed by atoms with van der Waals surface area (Å²) in [5.41, 5.74) is 0. The van der Waals surface area contributed by atoms with Crippen LogP contribution >= 0.6 is 0 Å². The summed E-state index contributed by atoms with van der Waals surface area (Å²) < 4.78 is 16.9. The molecule has 0 aliphatic rings. The van der Waals surface area contributed by atoms with Crippen molar-refractivity contribution in [1.29, 1.82) is 0 Å². The number of allylic oxidation sites excluding steroid dienone is 1. The van der Waals surface area contributed by atoms with Crippen LogP contribution in [0.4, 0.5) is 0 Å². The molecule has 0 heterocycles. The molecule has 0 aliphatic heterocycles. The largest absolute Gasteiger partial charge is 0.462 e. The highest BCUT2D eigenvalue weighted by Gasteiger charge is 2.18. The zero-order chi connectivity index (χ0) is 12.0. The van der Waals surface area contributed by atoms with Crippen LogP contribution in [-0.2, 0) is 20.3 Å². The molecule has 0 saturated carbocycles. The van der Waals surface area contributed by atoms with Crippen molar-refractivity contribution in [3.63, 3.8) is 0 Å². The summed E-state index contributed by atoms with van der Waals surface area (Å²) >= 11 is 0. The van der Waals surface area contributed by atoms with Gasteiger partial charge in [-0.15, -0.1) is 0 Å². The topological polar surface area (TPSA) is 43.4 Å². The van der Waals surface area contributed by atoms with Crippen molar-refractivity contribution in [2.75, 3.05) is 6.61 Å². The summed E-state index contributed by atoms with van der Waals surface area (Å²) in [5, 5.41) is 0. The lowest BCUT2D eigenvalue weighted by molar-refractivity contribution is -0.137. The van der Waals surface area contributed by atoms with Gasteiger partial charge in [0.15, 0.2) is 0 Å². The summed E-state index contributed by atoms with van der Waals surface area (Å²) in [6.45, 7) is 3.67. The van der Waals surface area contributed by atoms with E-state index in [1.807, 2.05) is 6.07 Å². The zero-order valence-electron chi connectivity index (χ0n) is 9.30. The minimum absolute atomic E-state index is 0.188. The molecule has 0 radical (unpaired) electrons. The van der Waals surface area contributed by atoms with E-state index in [4.69, 9.17) is 4.74 Å². The maximum Gasteiger partial charge on any atom is 0.347 e. The average molecular weight is 238 g/mol. The number of ether oxygens (including phenoxy) is 1. The molecule has 0 amide bonds. The molecular weight excluding hydrogens is 224 g/mol. The van der Waals surface area contributed by atoms with Crippen molar-refractivity contribution >= 4 is 16.8 Å². The molecule has 0 bridgehead atoms. The maximum atomic E-state index is 12.0. The van der Waals surface area contributed by atoms with Crippen LogP contribution in [0, 0.1) is 0 Å². The normalized spacial score (nSPS) is 13.2. The second-order valence-electron chi connectivity index (χ2n) is 2.96. The molecule has 0 fully saturated rings. The van der Waals surface area contributed by atoms with Crippen molar-refractivity contribution in [2.24, 2.45) is 0 Å². The van der Waals surface area contributed by atoms with E-state index < -0.39 is 16.8 Å². The van der Waals surface area contributed by atoms with Crippen LogP contribution < -0.4 is 0 Å². The van der Waals surface area contributed by atoms with E-state index in [0.717, 1.165) is 0 Å². The molecule has 16 heavy (non-hydrogen) atoms. The predicted molar refractivity (Wildman–Crippen MR) is 63.2 cm³/mol. The molecule has 1 rings (SSSR count). The fourth-order valence-corrected chi connectivity index (χ4v) is 2.26. The molecule has 1 unspecified atom stereocenters. The minimum Gasteiger partial charge on any atom is -0.462 e. The molecule has 0 saturated heterocycles. The molecule has 0 spiro atoms. The second-order valence-corrected chi connectivity index (χ2v) is 4.40. The third-order valence-electron chi connectivity index (χ3n) is 1.90. The molecule has 1 aromatic rings. The lowest BCUT2D eigenvalue weighted by Gasteiger charge is -2.06. The van der Waals surface area contributed by atoms with E-state index in [2.05, 4.69) is 0 Å². The Bertz CT molecular complexity index is 410. The van der Waals surface area contributed by atoms with Gasteiger partial charge in [-0.05, 0) is 26.0 Å². The van der Waals surface area contributed by atoms with Gasteiger partial charge in [0.25, 0.3) is 0 Å². The molecular formula is C12H14O3S. The highest BCUT2D eigenvalue weighted by Crippen LogP contribution is 2.15. The van der Waals surface area contributed by atoms with Gasteiger partial charge < -0.3 is 4.74 Å². The summed E-state index contributed by atoms with van der Waals surface area (Å²) in [6.07, 6.45) is 1.53. The molecule has 3 nitrogen and oxygen atoms in total. The van der Waals surface area contributed by atoms with Gasteiger partial charge in [0.05, 0.1) is 17.4 Å². The first-order valence-electron chi connectivity index (χ1n) is 5.01. The number of esters is 1. The Balaban J connectivity index is 2.92. The van der Waals surface area contributed by atoms with Crippen LogP contribution in [0.3, 0.4) is 0 Å². The molecule has 0 N–H and O–H groups in total. The SMILES string of the molecule is C/C=C(/C(=O)OCC)S(=O)c1ccccc1. The first kappa shape index (κ1) is 12.6. The van der Waals surface area contributed by atoms with E-state index in [0.29, 0.717) is 4.90 Å². The van der Waals surface area contributed by atoms with Gasteiger partial charge >= 0.3 is 5.97 Å². The third-order valence-corrected chi connectivity index (χ3v) is 3.40. The first-order valence-corrected chi connectivity index (χ1v) is 6.16. The van der Waals surface area contributed by atoms with Crippen LogP contribution in [-0.4, -0.2) is 16.8 Å². The maximum absolute atomic E-state index is 12.0. The Morgan fingerprint density at radius 2 is 2.00 bits per heavy atom. The van der Waals surface area contributed by atoms with Crippen LogP contribution in [0.1, 0.15) is 13.8 Å². The van der Waals surface area contributed by atoms with Crippen molar-refractivity contribution in [1.82, 2.24) is 0 Å². The van der Waals surface area contributed by atoms with Gasteiger partial charge in [-0.2, -0.15) is 0 Å². The molecule has 86 valence electrons. The van der Waals surface area contributed by atoms with Gasteiger partial charge in [0, 0.05) is 4.90 Å². The van der Waals surface area contributed by atoms with Crippen LogP contribution in [0.2, 0.25) is 0 Å². The van der Waals surface area contributed by atoms with Gasteiger partial charge in [0.1, 0.15) is 4.91 Å². The van der Waals surface area contributed by atoms with E-state index >= 15 is 0 Å². The molecule has 1 aromatic carbocycles. The van der Waals surface area contributed by atoms with Crippen LogP contribution in [0.15, 0.2) is 46.2 Å². The molecule has 1 atom stereocenters. The number of carbonyl (C=O) groups excluding carboxylic acids is 1. The minimum atomic E-state index is -1.47. The van der Waals surface area contributed by atoms with Crippen molar-refractivity contribution in [3.8, 4) is 0 Å². The highest BCUT2D eigenvalue weighted by molar-refractivity contribution is 7.90. The standard InChI is InChI=1S/C12H14O3S/c1-3-11(12(13)15-4-2)16(14)10-8-6-5-7-9-10/h3,5-9H,4H2,1-2H3/b11-3-. The van der Waals surface area contributed by atoms with Crippen molar-refractivity contribution in [2.45, 2.75) is 18.7 Å². The fourth-order valence-electron chi connectivity index (χ4n) is 1.17. The van der Waals surface area contributed by atoms with Crippen molar-refractivity contribution in [3.05, 3.63) is 41.3 Å². The zero-order valence-corrected chi connectivity index (χ0v) is 10.1. The van der Waals surface area contributed by atoms with Crippen molar-refractivity contribution < 1.29 is 13.7 Å². The fraction of sp³-hybridized carbons (Fsp3) is 0.250. The summed E-state index contributed by atoms with van der Waals surface area (Å²) in [5.74, 6) is -0.521. The number of carbonyl (C=O) groups is 1. The number of hydrogen-bond acceptors (Lipinski definition) is 3. The monoisotopic (exact) mass is 238 g/mol. The summed E-state index contributed by atoms with van der Waals surface area (Å²) in [6, 6.07) is 8.84. The van der Waals surface area contributed by atoms with E-state index in [1.165, 1.54) is 6.08 Å². The van der Waals surface area contributed by atoms with Crippen LogP contribution in [0.25, 0.3) is 0 Å². The van der Waals surface area contributed by atoms with E-state index in [1.54, 1.807) is 38.1 Å². The van der Waals surface area contributed by atoms with Gasteiger partial charge in [-0.25, -0.2) is 9.00 Å². The number of benzene rings is 1. The van der Waals surface area contributed by atoms with Gasteiger partial charge in [-0.1, -0.05) is 24.3 Å². The number of hydrogen-bond donors (Lipinski definition) is 0. The Hall–Kier alpha value is -1.42. The molecule has 0 aliphatic carbocycles. The quantitative estimate of drug-likeness (QED) is 0.597. The average Bonchev–Trinajstić information content (AvgIpc) is 2.31. The van der Waals surface area contributed by atoms with E-state index in [-0.39, 0.29) is 11.5 Å². The lowest BCUT2D eigenvalue weighted by atomic mass is 10.4. The second kappa shape index (κ2) is 6.23. The third kappa shape index (κ3) is 3.03. The molecule has 0 aromatic heterocycles. The Morgan fingerprint density at radius 3 is 2.50 bits per heavy atom. The Morgan fingerprint density at radius 1 is 1.38 bits per heavy atom. The highest BCUT2D eigenvalue weighted by atomic mass is 32.2. The summed E-state index contributed by atoms with van der Waals surface area (Å²) in [7, 11) is -1.47. The number of rotatable bonds is 4. The smallest absolute Gasteiger partial charge is 0.347 e. The summed E-state index contributed by atoms with van der Waals surface area (Å²) in [4.78, 5) is 12.3. The lowest BCUT2D eigenvalue weighted by Crippen LogP contribution is -2.12. The van der Waals surface area contributed by atoms with Gasteiger partial charge in [0.2, 0.25) is 0 Å². The van der Waals surface area contributed by atoms with Gasteiger partial charge in [-0.3, -0.25) is 0 Å². The molecule has 4 heteroatoms. The van der Waals surface area contributed by atoms with E-state index in [9.17, 15) is 9.00 Å². The Kier molecular flexibility index (Phi) is 4.92.